The van der Waals surface area contributed by atoms with Crippen molar-refractivity contribution in [2.45, 2.75) is 18.9 Å². The molecular weight excluding hydrogens is 588 g/mol. The van der Waals surface area contributed by atoms with Crippen molar-refractivity contribution >= 4 is 39.8 Å². The van der Waals surface area contributed by atoms with Gasteiger partial charge in [0.2, 0.25) is 11.9 Å². The van der Waals surface area contributed by atoms with Crippen molar-refractivity contribution in [3.8, 4) is 28.3 Å². The van der Waals surface area contributed by atoms with Gasteiger partial charge in [-0.15, -0.1) is 0 Å². The van der Waals surface area contributed by atoms with E-state index in [9.17, 15) is 4.79 Å². The predicted octanol–water partition coefficient (Wildman–Crippen LogP) is 6.37. The molecule has 5 heterocycles. The number of fused-ring (bicyclic) bond motifs is 2. The van der Waals surface area contributed by atoms with Crippen LogP contribution in [0.3, 0.4) is 0 Å². The van der Waals surface area contributed by atoms with Gasteiger partial charge in [0, 0.05) is 78.9 Å². The van der Waals surface area contributed by atoms with Crippen LogP contribution in [0.2, 0.25) is 0 Å². The van der Waals surface area contributed by atoms with Crippen LogP contribution in [0.5, 0.6) is 5.75 Å². The monoisotopic (exact) mass is 626 g/mol. The highest BCUT2D eigenvalue weighted by molar-refractivity contribution is 6.02. The fourth-order valence-corrected chi connectivity index (χ4v) is 7.33. The van der Waals surface area contributed by atoms with Crippen molar-refractivity contribution in [2.75, 3.05) is 55.9 Å². The fourth-order valence-electron chi connectivity index (χ4n) is 7.33. The maximum atomic E-state index is 12.6. The summed E-state index contributed by atoms with van der Waals surface area (Å²) in [5, 5.41) is 7.60. The molecule has 2 aromatic carbocycles. The molecule has 3 fully saturated rings. The lowest BCUT2D eigenvalue weighted by atomic mass is 10.0. The lowest BCUT2D eigenvalue weighted by Crippen LogP contribution is -2.27. The number of aromatic nitrogens is 4. The minimum absolute atomic E-state index is 0.271. The number of nitrogens with one attached hydrogen (secondary N) is 2. The lowest BCUT2D eigenvalue weighted by Gasteiger charge is -2.26. The van der Waals surface area contributed by atoms with Crippen LogP contribution in [0.15, 0.2) is 85.8 Å². The molecule has 1 aliphatic carbocycles. The fraction of sp³-hybridized carbons (Fsp3) is 0.297. The van der Waals surface area contributed by atoms with E-state index in [2.05, 4.69) is 74.1 Å². The van der Waals surface area contributed by atoms with Gasteiger partial charge in [-0.3, -0.25) is 9.78 Å². The molecule has 0 unspecified atom stereocenters. The highest BCUT2D eigenvalue weighted by Crippen LogP contribution is 2.44. The Morgan fingerprint density at radius 2 is 1.77 bits per heavy atom. The van der Waals surface area contributed by atoms with Crippen LogP contribution >= 0.6 is 0 Å². The zero-order valence-electron chi connectivity index (χ0n) is 26.7. The first-order valence-electron chi connectivity index (χ1n) is 16.2. The second-order valence-electron chi connectivity index (χ2n) is 12.9. The molecule has 0 radical (unpaired) electrons. The highest BCUT2D eigenvalue weighted by Gasteiger charge is 2.39. The number of carbonyl (C=O) groups is 1. The molecule has 1 saturated carbocycles. The van der Waals surface area contributed by atoms with E-state index in [1.807, 2.05) is 36.5 Å². The van der Waals surface area contributed by atoms with E-state index < -0.39 is 0 Å². The zero-order valence-corrected chi connectivity index (χ0v) is 26.7. The standard InChI is InChI=1S/C37H38N8O2/c1-4-35(46)40-30-15-31(34(47-3)16-33(30)44-20-23-18-43(2)19-24(23)21-44)41-37-39-17-27(29-10-7-8-14-38-29)36(42-37)28-22-45(25-12-13-25)32-11-6-5-9-26(28)32/h4-11,14-17,22-25H,1,12-13,18-21H2,2-3H3,(H,40,46)(H,39,41,42)/t23-,24+. The minimum Gasteiger partial charge on any atom is -0.494 e. The number of methoxy groups -OCH3 is 1. The topological polar surface area (TPSA) is 100 Å². The predicted molar refractivity (Wildman–Crippen MR) is 186 cm³/mol. The molecule has 10 nitrogen and oxygen atoms in total. The minimum atomic E-state index is -0.271. The Balaban J connectivity index is 1.21. The van der Waals surface area contributed by atoms with E-state index >= 15 is 0 Å². The number of para-hydroxylation sites is 1. The van der Waals surface area contributed by atoms with Crippen molar-refractivity contribution < 1.29 is 9.53 Å². The second-order valence-corrected chi connectivity index (χ2v) is 12.9. The van der Waals surface area contributed by atoms with Crippen molar-refractivity contribution in [2.24, 2.45) is 11.8 Å². The van der Waals surface area contributed by atoms with Gasteiger partial charge >= 0.3 is 0 Å². The van der Waals surface area contributed by atoms with Crippen molar-refractivity contribution in [1.29, 1.82) is 0 Å². The molecule has 10 heteroatoms. The molecule has 2 N–H and O–H groups in total. The van der Waals surface area contributed by atoms with Crippen molar-refractivity contribution in [3.63, 3.8) is 0 Å². The summed E-state index contributed by atoms with van der Waals surface area (Å²) in [5.41, 5.74) is 6.93. The molecule has 1 amide bonds. The summed E-state index contributed by atoms with van der Waals surface area (Å²) in [4.78, 5) is 31.9. The molecule has 3 aromatic heterocycles. The third-order valence-electron chi connectivity index (χ3n) is 9.68. The summed E-state index contributed by atoms with van der Waals surface area (Å²) in [6.07, 6.45) is 9.49. The number of benzene rings is 2. The van der Waals surface area contributed by atoms with E-state index in [0.717, 1.165) is 59.8 Å². The normalized spacial score (nSPS) is 19.1. The summed E-state index contributed by atoms with van der Waals surface area (Å²) in [5.74, 6) is 1.97. The van der Waals surface area contributed by atoms with Crippen LogP contribution in [0.25, 0.3) is 33.4 Å². The first-order chi connectivity index (χ1) is 23.0. The second kappa shape index (κ2) is 11.9. The number of hydrogen-bond donors (Lipinski definition) is 2. The molecule has 238 valence electrons. The van der Waals surface area contributed by atoms with Crippen LogP contribution in [0, 0.1) is 11.8 Å². The van der Waals surface area contributed by atoms with Gasteiger partial charge in [0.25, 0.3) is 0 Å². The number of nitrogens with zero attached hydrogens (tertiary/aromatic N) is 6. The van der Waals surface area contributed by atoms with Crippen LogP contribution < -0.4 is 20.3 Å². The van der Waals surface area contributed by atoms with Gasteiger partial charge in [-0.1, -0.05) is 30.8 Å². The van der Waals surface area contributed by atoms with Gasteiger partial charge in [-0.25, -0.2) is 9.97 Å². The third-order valence-corrected chi connectivity index (χ3v) is 9.68. The number of ether oxygens (including phenoxy) is 1. The summed E-state index contributed by atoms with van der Waals surface area (Å²) >= 11 is 0. The Kier molecular flexibility index (Phi) is 7.37. The maximum absolute atomic E-state index is 12.6. The Labute approximate surface area is 274 Å². The summed E-state index contributed by atoms with van der Waals surface area (Å²) in [6.45, 7) is 7.70. The quantitative estimate of drug-likeness (QED) is 0.182. The van der Waals surface area contributed by atoms with Crippen LogP contribution in [-0.4, -0.2) is 70.7 Å². The summed E-state index contributed by atoms with van der Waals surface area (Å²) < 4.78 is 8.30. The lowest BCUT2D eigenvalue weighted by molar-refractivity contribution is -0.111. The number of anilines is 4. The zero-order chi connectivity index (χ0) is 32.1. The van der Waals surface area contributed by atoms with Crippen molar-refractivity contribution in [1.82, 2.24) is 24.4 Å². The number of rotatable bonds is 9. The molecule has 2 aliphatic heterocycles. The first kappa shape index (κ1) is 29.2. The van der Waals surface area contributed by atoms with E-state index in [4.69, 9.17) is 14.7 Å². The molecular formula is C37H38N8O2. The molecule has 2 saturated heterocycles. The van der Waals surface area contributed by atoms with Crippen LogP contribution in [-0.2, 0) is 4.79 Å². The van der Waals surface area contributed by atoms with Crippen LogP contribution in [0.4, 0.5) is 23.0 Å². The largest absolute Gasteiger partial charge is 0.494 e. The van der Waals surface area contributed by atoms with E-state index in [0.29, 0.717) is 41.0 Å². The Morgan fingerprint density at radius 1 is 0.979 bits per heavy atom. The van der Waals surface area contributed by atoms with Gasteiger partial charge in [0.1, 0.15) is 5.75 Å². The van der Waals surface area contributed by atoms with E-state index in [-0.39, 0.29) is 5.91 Å². The average Bonchev–Trinajstić information content (AvgIpc) is 3.62. The summed E-state index contributed by atoms with van der Waals surface area (Å²) in [6, 6.07) is 18.8. The number of likely N-dealkylation sites (tertiary alicyclic amines) is 1. The van der Waals surface area contributed by atoms with Crippen LogP contribution in [0.1, 0.15) is 18.9 Å². The number of pyridine rings is 1. The summed E-state index contributed by atoms with van der Waals surface area (Å²) in [7, 11) is 3.84. The number of amides is 1. The van der Waals surface area contributed by atoms with Gasteiger partial charge in [0.15, 0.2) is 0 Å². The van der Waals surface area contributed by atoms with Crippen molar-refractivity contribution in [3.05, 3.63) is 85.8 Å². The van der Waals surface area contributed by atoms with Gasteiger partial charge in [-0.05, 0) is 62.1 Å². The maximum Gasteiger partial charge on any atom is 0.247 e. The average molecular weight is 627 g/mol. The molecule has 0 bridgehead atoms. The van der Waals surface area contributed by atoms with Gasteiger partial charge in [-0.2, -0.15) is 0 Å². The third kappa shape index (κ3) is 5.48. The highest BCUT2D eigenvalue weighted by atomic mass is 16.5. The van der Waals surface area contributed by atoms with Gasteiger partial charge in [0.05, 0.1) is 35.6 Å². The SMILES string of the molecule is C=CC(=O)Nc1cc(Nc2ncc(-c3ccccn3)c(-c3cn(C4CC4)c4ccccc34)n2)c(OC)cc1N1C[C@H]2CN(C)C[C@H]2C1. The smallest absolute Gasteiger partial charge is 0.247 e. The Morgan fingerprint density at radius 3 is 2.49 bits per heavy atom. The molecule has 8 rings (SSSR count). The number of hydrogen-bond acceptors (Lipinski definition) is 8. The Bertz CT molecular complexity index is 1970. The van der Waals surface area contributed by atoms with E-state index in [1.165, 1.54) is 24.4 Å². The van der Waals surface area contributed by atoms with Gasteiger partial charge < -0.3 is 29.7 Å². The molecule has 47 heavy (non-hydrogen) atoms. The molecule has 2 atom stereocenters. The molecule has 0 spiro atoms. The first-order valence-corrected chi connectivity index (χ1v) is 16.2. The Hall–Kier alpha value is -5.22. The number of carbonyl (C=O) groups excluding carboxylic acids is 1. The van der Waals surface area contributed by atoms with E-state index in [1.54, 1.807) is 13.3 Å². The molecule has 5 aromatic rings. The molecule has 3 aliphatic rings.